The molecule has 0 saturated carbocycles. The number of hydrogen-bond acceptors (Lipinski definition) is 5. The normalized spacial score (nSPS) is 10.6. The Balaban J connectivity index is 2.23. The van der Waals surface area contributed by atoms with Crippen molar-refractivity contribution in [2.24, 2.45) is 0 Å². The first-order valence-corrected chi connectivity index (χ1v) is 6.68. The van der Waals surface area contributed by atoms with Gasteiger partial charge in [-0.15, -0.1) is 0 Å². The van der Waals surface area contributed by atoms with Crippen molar-refractivity contribution in [2.75, 3.05) is 20.0 Å². The summed E-state index contributed by atoms with van der Waals surface area (Å²) in [6.45, 7) is 0. The Kier molecular flexibility index (Phi) is 3.47. The Hall–Kier alpha value is -2.95. The van der Waals surface area contributed by atoms with Gasteiger partial charge >= 0.3 is 0 Å². The minimum absolute atomic E-state index is 0.144. The van der Waals surface area contributed by atoms with Gasteiger partial charge in [0.2, 0.25) is 0 Å². The zero-order valence-corrected chi connectivity index (χ0v) is 12.3. The SMILES string of the molecule is COc1cc2oc(-c3ccc(N)cc3)cc(=O)c2cc1OC. The van der Waals surface area contributed by atoms with Crippen molar-refractivity contribution in [2.45, 2.75) is 0 Å². The summed E-state index contributed by atoms with van der Waals surface area (Å²) in [7, 11) is 3.06. The summed E-state index contributed by atoms with van der Waals surface area (Å²) in [6, 6.07) is 11.9. The monoisotopic (exact) mass is 297 g/mol. The fourth-order valence-electron chi connectivity index (χ4n) is 2.27. The highest BCUT2D eigenvalue weighted by Crippen LogP contribution is 2.32. The van der Waals surface area contributed by atoms with Crippen LogP contribution in [0.2, 0.25) is 0 Å². The van der Waals surface area contributed by atoms with Crippen molar-refractivity contribution in [3.63, 3.8) is 0 Å². The van der Waals surface area contributed by atoms with Crippen LogP contribution in [0.5, 0.6) is 11.5 Å². The Morgan fingerprint density at radius 1 is 0.955 bits per heavy atom. The zero-order chi connectivity index (χ0) is 15.7. The molecule has 0 aliphatic rings. The van der Waals surface area contributed by atoms with Gasteiger partial charge in [-0.05, 0) is 30.3 Å². The molecule has 0 bridgehead atoms. The first-order chi connectivity index (χ1) is 10.6. The predicted molar refractivity (Wildman–Crippen MR) is 85.4 cm³/mol. The van der Waals surface area contributed by atoms with E-state index in [1.807, 2.05) is 0 Å². The highest BCUT2D eigenvalue weighted by atomic mass is 16.5. The minimum atomic E-state index is -0.144. The Morgan fingerprint density at radius 3 is 2.23 bits per heavy atom. The van der Waals surface area contributed by atoms with Gasteiger partial charge in [-0.3, -0.25) is 4.79 Å². The van der Waals surface area contributed by atoms with Crippen LogP contribution in [0.1, 0.15) is 0 Å². The summed E-state index contributed by atoms with van der Waals surface area (Å²) >= 11 is 0. The lowest BCUT2D eigenvalue weighted by molar-refractivity contribution is 0.355. The van der Waals surface area contributed by atoms with Crippen LogP contribution >= 0.6 is 0 Å². The lowest BCUT2D eigenvalue weighted by Gasteiger charge is -2.09. The minimum Gasteiger partial charge on any atom is -0.493 e. The van der Waals surface area contributed by atoms with Crippen molar-refractivity contribution in [1.29, 1.82) is 0 Å². The molecule has 3 aromatic rings. The summed E-state index contributed by atoms with van der Waals surface area (Å²) in [5, 5.41) is 0.442. The molecule has 0 spiro atoms. The average molecular weight is 297 g/mol. The van der Waals surface area contributed by atoms with Gasteiger partial charge in [0.15, 0.2) is 16.9 Å². The molecule has 1 heterocycles. The van der Waals surface area contributed by atoms with Crippen LogP contribution in [0.25, 0.3) is 22.3 Å². The number of nitrogens with two attached hydrogens (primary N) is 1. The summed E-state index contributed by atoms with van der Waals surface area (Å²) in [5.74, 6) is 1.47. The molecule has 0 atom stereocenters. The largest absolute Gasteiger partial charge is 0.493 e. The third-order valence-corrected chi connectivity index (χ3v) is 3.43. The van der Waals surface area contributed by atoms with Crippen molar-refractivity contribution in [3.8, 4) is 22.8 Å². The third kappa shape index (κ3) is 2.37. The van der Waals surface area contributed by atoms with E-state index in [0.717, 1.165) is 5.56 Å². The molecule has 0 amide bonds. The zero-order valence-electron chi connectivity index (χ0n) is 12.3. The molecule has 1 aromatic heterocycles. The second-order valence-corrected chi connectivity index (χ2v) is 4.80. The summed E-state index contributed by atoms with van der Waals surface area (Å²) in [4.78, 5) is 12.3. The van der Waals surface area contributed by atoms with E-state index in [-0.39, 0.29) is 5.43 Å². The topological polar surface area (TPSA) is 74.7 Å². The number of hydrogen-bond donors (Lipinski definition) is 1. The van der Waals surface area contributed by atoms with Gasteiger partial charge < -0.3 is 19.6 Å². The van der Waals surface area contributed by atoms with Gasteiger partial charge in [0.05, 0.1) is 19.6 Å². The van der Waals surface area contributed by atoms with Crippen molar-refractivity contribution in [3.05, 3.63) is 52.7 Å². The number of ether oxygens (including phenoxy) is 2. The van der Waals surface area contributed by atoms with E-state index in [1.165, 1.54) is 20.3 Å². The maximum absolute atomic E-state index is 12.3. The first-order valence-electron chi connectivity index (χ1n) is 6.68. The molecule has 0 unspecified atom stereocenters. The standard InChI is InChI=1S/C17H15NO4/c1-20-16-7-12-13(19)8-14(10-3-5-11(18)6-4-10)22-15(12)9-17(16)21-2/h3-9H,18H2,1-2H3. The van der Waals surface area contributed by atoms with Crippen LogP contribution < -0.4 is 20.6 Å². The van der Waals surface area contributed by atoms with E-state index in [4.69, 9.17) is 19.6 Å². The number of anilines is 1. The quantitative estimate of drug-likeness (QED) is 0.752. The molecule has 0 saturated heterocycles. The Labute approximate surface area is 126 Å². The fraction of sp³-hybridized carbons (Fsp3) is 0.118. The van der Waals surface area contributed by atoms with Crippen LogP contribution in [-0.2, 0) is 0 Å². The van der Waals surface area contributed by atoms with Crippen molar-refractivity contribution < 1.29 is 13.9 Å². The van der Waals surface area contributed by atoms with E-state index in [9.17, 15) is 4.79 Å². The van der Waals surface area contributed by atoms with Crippen molar-refractivity contribution >= 4 is 16.7 Å². The average Bonchev–Trinajstić information content (AvgIpc) is 2.54. The summed E-state index contributed by atoms with van der Waals surface area (Å²) in [5.41, 5.74) is 7.40. The molecule has 0 fully saturated rings. The van der Waals surface area contributed by atoms with E-state index in [0.29, 0.717) is 33.9 Å². The Morgan fingerprint density at radius 2 is 1.59 bits per heavy atom. The van der Waals surface area contributed by atoms with E-state index in [1.54, 1.807) is 36.4 Å². The molecule has 112 valence electrons. The van der Waals surface area contributed by atoms with Crippen LogP contribution in [0.15, 0.2) is 51.7 Å². The van der Waals surface area contributed by atoms with Gasteiger partial charge in [0.25, 0.3) is 0 Å². The second-order valence-electron chi connectivity index (χ2n) is 4.80. The molecule has 3 rings (SSSR count). The molecule has 5 nitrogen and oxygen atoms in total. The molecule has 0 radical (unpaired) electrons. The van der Waals surface area contributed by atoms with Gasteiger partial charge in [-0.25, -0.2) is 0 Å². The maximum atomic E-state index is 12.3. The summed E-state index contributed by atoms with van der Waals surface area (Å²) < 4.78 is 16.3. The van der Waals surface area contributed by atoms with Gasteiger partial charge in [-0.1, -0.05) is 0 Å². The maximum Gasteiger partial charge on any atom is 0.193 e. The third-order valence-electron chi connectivity index (χ3n) is 3.43. The number of methoxy groups -OCH3 is 2. The molecule has 2 aromatic carbocycles. The highest BCUT2D eigenvalue weighted by Gasteiger charge is 2.12. The van der Waals surface area contributed by atoms with Crippen LogP contribution in [0, 0.1) is 0 Å². The number of rotatable bonds is 3. The number of benzene rings is 2. The first kappa shape index (κ1) is 14.0. The molecule has 22 heavy (non-hydrogen) atoms. The number of nitrogen functional groups attached to an aromatic ring is 1. The van der Waals surface area contributed by atoms with E-state index < -0.39 is 0 Å². The van der Waals surface area contributed by atoms with Gasteiger partial charge in [0.1, 0.15) is 11.3 Å². The summed E-state index contributed by atoms with van der Waals surface area (Å²) in [6.07, 6.45) is 0. The van der Waals surface area contributed by atoms with E-state index in [2.05, 4.69) is 0 Å². The molecule has 0 aliphatic carbocycles. The fourth-order valence-corrected chi connectivity index (χ4v) is 2.27. The van der Waals surface area contributed by atoms with Gasteiger partial charge in [0, 0.05) is 23.4 Å². The van der Waals surface area contributed by atoms with Gasteiger partial charge in [-0.2, -0.15) is 0 Å². The molecule has 0 aliphatic heterocycles. The lowest BCUT2D eigenvalue weighted by Crippen LogP contribution is -2.02. The molecular weight excluding hydrogens is 282 g/mol. The predicted octanol–water partition coefficient (Wildman–Crippen LogP) is 3.06. The molecular formula is C17H15NO4. The highest BCUT2D eigenvalue weighted by molar-refractivity contribution is 5.82. The number of fused-ring (bicyclic) bond motifs is 1. The molecule has 5 heteroatoms. The second kappa shape index (κ2) is 5.44. The Bertz CT molecular complexity index is 882. The smallest absolute Gasteiger partial charge is 0.193 e. The van der Waals surface area contributed by atoms with Crippen LogP contribution in [-0.4, -0.2) is 14.2 Å². The molecule has 2 N–H and O–H groups in total. The van der Waals surface area contributed by atoms with Crippen LogP contribution in [0.3, 0.4) is 0 Å². The lowest BCUT2D eigenvalue weighted by atomic mass is 10.1. The van der Waals surface area contributed by atoms with Crippen molar-refractivity contribution in [1.82, 2.24) is 0 Å². The van der Waals surface area contributed by atoms with E-state index >= 15 is 0 Å². The van der Waals surface area contributed by atoms with Crippen LogP contribution in [0.4, 0.5) is 5.69 Å².